The molecule has 0 radical (unpaired) electrons. The molecule has 7 nitrogen and oxygen atoms in total. The van der Waals surface area contributed by atoms with Crippen molar-refractivity contribution in [2.45, 2.75) is 26.5 Å². The lowest BCUT2D eigenvalue weighted by Gasteiger charge is -2.18. The molecule has 0 unspecified atom stereocenters. The second-order valence-electron chi connectivity index (χ2n) is 6.93. The second kappa shape index (κ2) is 10.7. The van der Waals surface area contributed by atoms with E-state index in [0.29, 0.717) is 35.2 Å². The minimum atomic E-state index is -1.05. The molecule has 0 aromatic heterocycles. The second-order valence-corrected chi connectivity index (χ2v) is 8.33. The fraction of sp³-hybridized carbons (Fsp3) is 0.261. The van der Waals surface area contributed by atoms with Crippen LogP contribution in [0.25, 0.3) is 6.08 Å². The Balaban J connectivity index is 1.87. The van der Waals surface area contributed by atoms with Crippen LogP contribution < -0.4 is 9.47 Å². The number of carbonyl (C=O) groups excluding carboxylic acids is 3. The lowest BCUT2D eigenvalue weighted by atomic mass is 10.1. The average Bonchev–Trinajstić information content (AvgIpc) is 3.05. The van der Waals surface area contributed by atoms with E-state index in [9.17, 15) is 18.8 Å². The highest BCUT2D eigenvalue weighted by Gasteiger charge is 2.41. The number of rotatable bonds is 8. The van der Waals surface area contributed by atoms with E-state index >= 15 is 0 Å². The van der Waals surface area contributed by atoms with Crippen LogP contribution in [-0.4, -0.2) is 41.8 Å². The van der Waals surface area contributed by atoms with Crippen molar-refractivity contribution >= 4 is 46.6 Å². The van der Waals surface area contributed by atoms with E-state index in [1.54, 1.807) is 31.2 Å². The molecule has 1 atom stereocenters. The third-order valence-electron chi connectivity index (χ3n) is 4.65. The molecule has 10 heteroatoms. The summed E-state index contributed by atoms with van der Waals surface area (Å²) in [6, 6.07) is 8.12. The number of methoxy groups -OCH3 is 1. The maximum atomic E-state index is 13.4. The Labute approximate surface area is 199 Å². The quantitative estimate of drug-likeness (QED) is 0.375. The molecule has 1 fully saturated rings. The van der Waals surface area contributed by atoms with E-state index in [-0.39, 0.29) is 28.1 Å². The molecular weight excluding hydrogens is 473 g/mol. The Morgan fingerprint density at radius 2 is 2.00 bits per heavy atom. The highest BCUT2D eigenvalue weighted by Crippen LogP contribution is 2.40. The van der Waals surface area contributed by atoms with Gasteiger partial charge in [0.1, 0.15) is 18.5 Å². The van der Waals surface area contributed by atoms with Crippen molar-refractivity contribution in [3.8, 4) is 11.5 Å². The molecule has 1 heterocycles. The first kappa shape index (κ1) is 24.6. The van der Waals surface area contributed by atoms with Crippen molar-refractivity contribution in [1.82, 2.24) is 4.90 Å². The summed E-state index contributed by atoms with van der Waals surface area (Å²) in [6.45, 7) is 3.60. The largest absolute Gasteiger partial charge is 0.490 e. The topological polar surface area (TPSA) is 82.1 Å². The molecule has 1 aliphatic heterocycles. The van der Waals surface area contributed by atoms with E-state index in [4.69, 9.17) is 21.1 Å². The highest BCUT2D eigenvalue weighted by molar-refractivity contribution is 8.18. The zero-order valence-corrected chi connectivity index (χ0v) is 19.7. The maximum absolute atomic E-state index is 13.4. The van der Waals surface area contributed by atoms with Gasteiger partial charge in [0.25, 0.3) is 11.1 Å². The van der Waals surface area contributed by atoms with Crippen LogP contribution in [0.1, 0.15) is 25.0 Å². The third kappa shape index (κ3) is 5.66. The van der Waals surface area contributed by atoms with E-state index in [1.165, 1.54) is 32.2 Å². The van der Waals surface area contributed by atoms with Crippen molar-refractivity contribution in [1.29, 1.82) is 0 Å². The molecule has 0 saturated carbocycles. The molecule has 1 aliphatic rings. The number of halogens is 2. The Hall–Kier alpha value is -3.04. The van der Waals surface area contributed by atoms with Crippen molar-refractivity contribution in [3.05, 3.63) is 63.3 Å². The van der Waals surface area contributed by atoms with Gasteiger partial charge in [-0.1, -0.05) is 23.7 Å². The summed E-state index contributed by atoms with van der Waals surface area (Å²) in [5.41, 5.74) is 1.11. The number of amides is 2. The van der Waals surface area contributed by atoms with Gasteiger partial charge in [0, 0.05) is 0 Å². The van der Waals surface area contributed by atoms with Crippen molar-refractivity contribution in [2.75, 3.05) is 13.7 Å². The third-order valence-corrected chi connectivity index (χ3v) is 5.82. The maximum Gasteiger partial charge on any atom is 0.328 e. The summed E-state index contributed by atoms with van der Waals surface area (Å²) in [5, 5.41) is -0.360. The molecule has 1 saturated heterocycles. The molecule has 174 valence electrons. The number of ether oxygens (including phenoxy) is 3. The summed E-state index contributed by atoms with van der Waals surface area (Å²) in [7, 11) is 1.18. The Kier molecular flexibility index (Phi) is 7.99. The molecule has 2 aromatic carbocycles. The molecule has 0 N–H and O–H groups in total. The first-order valence-electron chi connectivity index (χ1n) is 9.93. The van der Waals surface area contributed by atoms with Gasteiger partial charge in [0.2, 0.25) is 0 Å². The Bertz CT molecular complexity index is 1120. The van der Waals surface area contributed by atoms with E-state index < -0.39 is 23.2 Å². The van der Waals surface area contributed by atoms with Gasteiger partial charge in [-0.2, -0.15) is 0 Å². The van der Waals surface area contributed by atoms with E-state index in [0.717, 1.165) is 4.90 Å². The zero-order chi connectivity index (χ0) is 24.1. The van der Waals surface area contributed by atoms with E-state index in [1.807, 2.05) is 0 Å². The van der Waals surface area contributed by atoms with Crippen molar-refractivity contribution < 1.29 is 33.0 Å². The van der Waals surface area contributed by atoms with Gasteiger partial charge in [-0.05, 0) is 67.1 Å². The number of nitrogens with zero attached hydrogens (tertiary/aromatic N) is 1. The van der Waals surface area contributed by atoms with Crippen LogP contribution in [0, 0.1) is 5.82 Å². The number of benzene rings is 2. The van der Waals surface area contributed by atoms with Crippen LogP contribution in [0.3, 0.4) is 0 Å². The summed E-state index contributed by atoms with van der Waals surface area (Å²) in [6.07, 6.45) is 1.49. The van der Waals surface area contributed by atoms with Crippen LogP contribution in [0.5, 0.6) is 11.5 Å². The van der Waals surface area contributed by atoms with Gasteiger partial charge in [-0.25, -0.2) is 9.18 Å². The lowest BCUT2D eigenvalue weighted by Crippen LogP contribution is -2.42. The van der Waals surface area contributed by atoms with Gasteiger partial charge < -0.3 is 14.2 Å². The standard InChI is InChI=1S/C23H21ClFNO6S/c1-4-31-18-10-15(9-17(24)20(18)32-12-14-6-5-7-16(25)8-14)11-19-21(27)26(23(29)33-19)13(2)22(28)30-3/h5-11,13H,4,12H2,1-3H3/b19-11+/t13-/m1/s1. The van der Waals surface area contributed by atoms with Crippen molar-refractivity contribution in [2.24, 2.45) is 0 Å². The van der Waals surface area contributed by atoms with Gasteiger partial charge in [0.05, 0.1) is 23.6 Å². The van der Waals surface area contributed by atoms with E-state index in [2.05, 4.69) is 4.74 Å². The Morgan fingerprint density at radius 1 is 1.24 bits per heavy atom. The molecular formula is C23H21ClFNO6S. The van der Waals surface area contributed by atoms with Gasteiger partial charge >= 0.3 is 5.97 Å². The Morgan fingerprint density at radius 3 is 2.67 bits per heavy atom. The van der Waals surface area contributed by atoms with Crippen LogP contribution in [0.15, 0.2) is 41.3 Å². The van der Waals surface area contributed by atoms with Crippen LogP contribution >= 0.6 is 23.4 Å². The highest BCUT2D eigenvalue weighted by atomic mass is 35.5. The summed E-state index contributed by atoms with van der Waals surface area (Å²) < 4.78 is 29.5. The molecule has 2 amide bonds. The van der Waals surface area contributed by atoms with Crippen molar-refractivity contribution in [3.63, 3.8) is 0 Å². The summed E-state index contributed by atoms with van der Waals surface area (Å²) in [4.78, 5) is 37.8. The average molecular weight is 494 g/mol. The number of hydrogen-bond acceptors (Lipinski definition) is 7. The monoisotopic (exact) mass is 493 g/mol. The van der Waals surface area contributed by atoms with Gasteiger partial charge in [0.15, 0.2) is 11.5 Å². The van der Waals surface area contributed by atoms with Crippen LogP contribution in [-0.2, 0) is 20.9 Å². The minimum Gasteiger partial charge on any atom is -0.490 e. The fourth-order valence-corrected chi connectivity index (χ4v) is 4.28. The molecule has 0 aliphatic carbocycles. The molecule has 33 heavy (non-hydrogen) atoms. The predicted octanol–water partition coefficient (Wildman–Crippen LogP) is 5.05. The summed E-state index contributed by atoms with van der Waals surface area (Å²) >= 11 is 7.13. The number of thioether (sulfide) groups is 1. The van der Waals surface area contributed by atoms with Gasteiger partial charge in [-0.3, -0.25) is 14.5 Å². The summed E-state index contributed by atoms with van der Waals surface area (Å²) in [5.74, 6) is -1.08. The molecule has 2 aromatic rings. The number of hydrogen-bond donors (Lipinski definition) is 0. The molecule has 3 rings (SSSR count). The number of imide groups is 1. The van der Waals surface area contributed by atoms with Crippen LogP contribution in [0.2, 0.25) is 5.02 Å². The van der Waals surface area contributed by atoms with Gasteiger partial charge in [-0.15, -0.1) is 0 Å². The lowest BCUT2D eigenvalue weighted by molar-refractivity contribution is -0.148. The predicted molar refractivity (Wildman–Crippen MR) is 123 cm³/mol. The fourth-order valence-electron chi connectivity index (χ4n) is 3.10. The number of carbonyl (C=O) groups is 3. The number of esters is 1. The smallest absolute Gasteiger partial charge is 0.328 e. The molecule has 0 spiro atoms. The van der Waals surface area contributed by atoms with Crippen LogP contribution in [0.4, 0.5) is 9.18 Å². The zero-order valence-electron chi connectivity index (χ0n) is 18.1. The SMILES string of the molecule is CCOc1cc(/C=C2/SC(=O)N([C@H](C)C(=O)OC)C2=O)cc(Cl)c1OCc1cccc(F)c1. The molecule has 0 bridgehead atoms. The first-order chi connectivity index (χ1) is 15.7. The minimum absolute atomic E-state index is 0.0706. The normalized spacial score (nSPS) is 15.7. The first-order valence-corrected chi connectivity index (χ1v) is 11.1.